The standard InChI is InChI=1S/C24H19F2NO2/c25-21-12-13-23(22(26)17-21)29-15-5-4-14-27-24(28)16-18-8-10-20(11-9-18)19-6-2-1-3-7-19/h1-3,6-13,17H,14-16H2,(H,27,28). The highest BCUT2D eigenvalue weighted by Gasteiger charge is 2.04. The predicted octanol–water partition coefficient (Wildman–Crippen LogP) is 4.37. The van der Waals surface area contributed by atoms with Gasteiger partial charge < -0.3 is 10.1 Å². The maximum Gasteiger partial charge on any atom is 0.225 e. The van der Waals surface area contributed by atoms with E-state index < -0.39 is 11.6 Å². The summed E-state index contributed by atoms with van der Waals surface area (Å²) in [5.74, 6) is 3.75. The lowest BCUT2D eigenvalue weighted by Gasteiger charge is -2.05. The van der Waals surface area contributed by atoms with E-state index in [9.17, 15) is 13.6 Å². The zero-order valence-electron chi connectivity index (χ0n) is 15.6. The Labute approximate surface area is 168 Å². The fourth-order valence-electron chi connectivity index (χ4n) is 2.66. The van der Waals surface area contributed by atoms with Gasteiger partial charge in [0.05, 0.1) is 13.0 Å². The molecular formula is C24H19F2NO2. The molecule has 0 saturated carbocycles. The van der Waals surface area contributed by atoms with Gasteiger partial charge in [-0.1, -0.05) is 66.4 Å². The number of hydrogen-bond acceptors (Lipinski definition) is 2. The molecule has 3 aromatic carbocycles. The van der Waals surface area contributed by atoms with E-state index in [1.165, 1.54) is 6.07 Å². The summed E-state index contributed by atoms with van der Waals surface area (Å²) in [6.45, 7) is 0.107. The lowest BCUT2D eigenvalue weighted by molar-refractivity contribution is -0.120. The van der Waals surface area contributed by atoms with E-state index in [0.717, 1.165) is 28.8 Å². The third kappa shape index (κ3) is 6.18. The summed E-state index contributed by atoms with van der Waals surface area (Å²) in [6, 6.07) is 20.9. The second kappa shape index (κ2) is 10.0. The molecule has 0 aromatic heterocycles. The second-order valence-corrected chi connectivity index (χ2v) is 6.23. The monoisotopic (exact) mass is 391 g/mol. The fourth-order valence-corrected chi connectivity index (χ4v) is 2.66. The molecule has 0 aliphatic rings. The summed E-state index contributed by atoms with van der Waals surface area (Å²) in [5.41, 5.74) is 3.13. The maximum absolute atomic E-state index is 13.4. The van der Waals surface area contributed by atoms with E-state index >= 15 is 0 Å². The van der Waals surface area contributed by atoms with Crippen LogP contribution in [0, 0.1) is 23.5 Å². The SMILES string of the molecule is O=C(Cc1ccc(-c2ccccc2)cc1)NCC#CCOc1ccc(F)cc1F. The average Bonchev–Trinajstić information content (AvgIpc) is 2.73. The Morgan fingerprint density at radius 3 is 2.34 bits per heavy atom. The topological polar surface area (TPSA) is 38.3 Å². The van der Waals surface area contributed by atoms with Crippen molar-refractivity contribution in [3.05, 3.63) is 90.0 Å². The minimum atomic E-state index is -0.779. The largest absolute Gasteiger partial charge is 0.478 e. The smallest absolute Gasteiger partial charge is 0.225 e. The summed E-state index contributed by atoms with van der Waals surface area (Å²) in [4.78, 5) is 12.0. The highest BCUT2D eigenvalue weighted by molar-refractivity contribution is 5.79. The number of nitrogens with one attached hydrogen (secondary N) is 1. The van der Waals surface area contributed by atoms with Gasteiger partial charge >= 0.3 is 0 Å². The van der Waals surface area contributed by atoms with Gasteiger partial charge in [0.15, 0.2) is 11.6 Å². The van der Waals surface area contributed by atoms with Crippen molar-refractivity contribution in [2.75, 3.05) is 13.2 Å². The first-order chi connectivity index (χ1) is 14.1. The lowest BCUT2D eigenvalue weighted by Crippen LogP contribution is -2.25. The van der Waals surface area contributed by atoms with Crippen LogP contribution >= 0.6 is 0 Å². The Kier molecular flexibility index (Phi) is 6.96. The second-order valence-electron chi connectivity index (χ2n) is 6.23. The molecule has 1 amide bonds. The van der Waals surface area contributed by atoms with E-state index in [-0.39, 0.29) is 31.2 Å². The molecule has 3 aromatic rings. The molecule has 0 aliphatic heterocycles. The van der Waals surface area contributed by atoms with Gasteiger partial charge in [-0.3, -0.25) is 4.79 Å². The first kappa shape index (κ1) is 20.1. The van der Waals surface area contributed by atoms with Gasteiger partial charge in [0, 0.05) is 6.07 Å². The molecular weight excluding hydrogens is 372 g/mol. The van der Waals surface area contributed by atoms with Crippen LogP contribution in [-0.2, 0) is 11.2 Å². The van der Waals surface area contributed by atoms with Crippen molar-refractivity contribution in [3.8, 4) is 28.7 Å². The first-order valence-corrected chi connectivity index (χ1v) is 9.06. The number of hydrogen-bond donors (Lipinski definition) is 1. The molecule has 0 saturated heterocycles. The summed E-state index contributed by atoms with van der Waals surface area (Å²) in [5, 5.41) is 2.70. The van der Waals surface area contributed by atoms with Crippen molar-refractivity contribution in [1.29, 1.82) is 0 Å². The van der Waals surface area contributed by atoms with Crippen LogP contribution in [-0.4, -0.2) is 19.1 Å². The number of rotatable bonds is 6. The molecule has 146 valence electrons. The zero-order chi connectivity index (χ0) is 20.5. The quantitative estimate of drug-likeness (QED) is 0.634. The van der Waals surface area contributed by atoms with Gasteiger partial charge in [0.25, 0.3) is 0 Å². The van der Waals surface area contributed by atoms with Crippen LogP contribution in [0.25, 0.3) is 11.1 Å². The molecule has 0 fully saturated rings. The highest BCUT2D eigenvalue weighted by Crippen LogP contribution is 2.19. The van der Waals surface area contributed by atoms with Gasteiger partial charge in [-0.05, 0) is 28.8 Å². The van der Waals surface area contributed by atoms with Crippen molar-refractivity contribution in [1.82, 2.24) is 5.32 Å². The Balaban J connectivity index is 1.41. The van der Waals surface area contributed by atoms with Crippen LogP contribution in [0.5, 0.6) is 5.75 Å². The number of carbonyl (C=O) groups excluding carboxylic acids is 1. The maximum atomic E-state index is 13.4. The van der Waals surface area contributed by atoms with Crippen LogP contribution < -0.4 is 10.1 Å². The van der Waals surface area contributed by atoms with Gasteiger partial charge in [0.1, 0.15) is 12.4 Å². The molecule has 0 unspecified atom stereocenters. The molecule has 5 heteroatoms. The Bertz CT molecular complexity index is 1020. The van der Waals surface area contributed by atoms with Crippen LogP contribution in [0.3, 0.4) is 0 Å². The number of benzene rings is 3. The first-order valence-electron chi connectivity index (χ1n) is 9.06. The van der Waals surface area contributed by atoms with Crippen LogP contribution in [0.2, 0.25) is 0 Å². The molecule has 29 heavy (non-hydrogen) atoms. The van der Waals surface area contributed by atoms with E-state index in [1.54, 1.807) is 0 Å². The molecule has 3 rings (SSSR count). The normalized spacial score (nSPS) is 10.0. The van der Waals surface area contributed by atoms with Crippen molar-refractivity contribution in [2.24, 2.45) is 0 Å². The van der Waals surface area contributed by atoms with E-state index in [4.69, 9.17) is 4.74 Å². The third-order valence-electron chi connectivity index (χ3n) is 4.12. The Hall–Kier alpha value is -3.65. The minimum absolute atomic E-state index is 0.0562. The van der Waals surface area contributed by atoms with E-state index in [2.05, 4.69) is 17.2 Å². The van der Waals surface area contributed by atoms with Crippen LogP contribution in [0.4, 0.5) is 8.78 Å². The summed E-state index contributed by atoms with van der Waals surface area (Å²) < 4.78 is 31.3. The Morgan fingerprint density at radius 1 is 0.897 bits per heavy atom. The minimum Gasteiger partial charge on any atom is -0.478 e. The molecule has 0 aliphatic carbocycles. The lowest BCUT2D eigenvalue weighted by atomic mass is 10.0. The zero-order valence-corrected chi connectivity index (χ0v) is 15.6. The molecule has 3 nitrogen and oxygen atoms in total. The predicted molar refractivity (Wildman–Crippen MR) is 108 cm³/mol. The van der Waals surface area contributed by atoms with Gasteiger partial charge in [0.2, 0.25) is 5.91 Å². The van der Waals surface area contributed by atoms with Gasteiger partial charge in [-0.2, -0.15) is 0 Å². The molecule has 1 N–H and O–H groups in total. The summed E-state index contributed by atoms with van der Waals surface area (Å²) >= 11 is 0. The summed E-state index contributed by atoms with van der Waals surface area (Å²) in [6.07, 6.45) is 0.258. The average molecular weight is 391 g/mol. The van der Waals surface area contributed by atoms with Gasteiger partial charge in [-0.25, -0.2) is 8.78 Å². The van der Waals surface area contributed by atoms with Crippen LogP contribution in [0.1, 0.15) is 5.56 Å². The molecule has 0 atom stereocenters. The van der Waals surface area contributed by atoms with Crippen LogP contribution in [0.15, 0.2) is 72.8 Å². The van der Waals surface area contributed by atoms with Crippen molar-refractivity contribution in [2.45, 2.75) is 6.42 Å². The number of halogens is 2. The van der Waals surface area contributed by atoms with Crippen molar-refractivity contribution >= 4 is 5.91 Å². The number of amides is 1. The van der Waals surface area contributed by atoms with Crippen molar-refractivity contribution < 1.29 is 18.3 Å². The fraction of sp³-hybridized carbons (Fsp3) is 0.125. The number of carbonyl (C=O) groups is 1. The van der Waals surface area contributed by atoms with E-state index in [1.807, 2.05) is 54.6 Å². The molecule has 0 heterocycles. The van der Waals surface area contributed by atoms with E-state index in [0.29, 0.717) is 0 Å². The summed E-state index contributed by atoms with van der Waals surface area (Å²) in [7, 11) is 0. The van der Waals surface area contributed by atoms with Crippen molar-refractivity contribution in [3.63, 3.8) is 0 Å². The molecule has 0 radical (unpaired) electrons. The highest BCUT2D eigenvalue weighted by atomic mass is 19.1. The third-order valence-corrected chi connectivity index (χ3v) is 4.12. The Morgan fingerprint density at radius 2 is 1.62 bits per heavy atom. The molecule has 0 spiro atoms. The molecule has 0 bridgehead atoms. The number of ether oxygens (including phenoxy) is 1. The van der Waals surface area contributed by atoms with Gasteiger partial charge in [-0.15, -0.1) is 0 Å².